The van der Waals surface area contributed by atoms with E-state index < -0.39 is 0 Å². The molecule has 1 heterocycles. The lowest BCUT2D eigenvalue weighted by Gasteiger charge is -2.18. The van der Waals surface area contributed by atoms with Gasteiger partial charge in [0, 0.05) is 17.9 Å². The Morgan fingerprint density at radius 3 is 2.65 bits per heavy atom. The van der Waals surface area contributed by atoms with Crippen LogP contribution in [0.25, 0.3) is 0 Å². The molecule has 1 aromatic heterocycles. The van der Waals surface area contributed by atoms with E-state index in [0.717, 1.165) is 25.1 Å². The molecule has 1 atom stereocenters. The maximum absolute atomic E-state index is 4.41. The normalized spacial score (nSPS) is 12.3. The number of pyridine rings is 1. The quantitative estimate of drug-likeness (QED) is 0.857. The van der Waals surface area contributed by atoms with Crippen LogP contribution in [0.15, 0.2) is 42.6 Å². The fraction of sp³-hybridized carbons (Fsp3) is 0.389. The summed E-state index contributed by atoms with van der Waals surface area (Å²) in [6.07, 6.45) is 4.19. The maximum atomic E-state index is 4.41. The summed E-state index contributed by atoms with van der Waals surface area (Å²) in [5.74, 6) is 0. The Morgan fingerprint density at radius 1 is 1.15 bits per heavy atom. The van der Waals surface area contributed by atoms with E-state index in [1.165, 1.54) is 16.7 Å². The van der Waals surface area contributed by atoms with Gasteiger partial charge in [-0.2, -0.15) is 0 Å². The molecule has 1 N–H and O–H groups in total. The van der Waals surface area contributed by atoms with Gasteiger partial charge in [0.05, 0.1) is 0 Å². The van der Waals surface area contributed by atoms with Crippen molar-refractivity contribution in [3.05, 3.63) is 65.0 Å². The second kappa shape index (κ2) is 7.20. The molecule has 2 heteroatoms. The summed E-state index contributed by atoms with van der Waals surface area (Å²) < 4.78 is 0. The number of hydrogen-bond acceptors (Lipinski definition) is 2. The van der Waals surface area contributed by atoms with Gasteiger partial charge in [-0.3, -0.25) is 4.98 Å². The Bertz CT molecular complexity index is 531. The Morgan fingerprint density at radius 2 is 2.00 bits per heavy atom. The van der Waals surface area contributed by atoms with E-state index in [2.05, 4.69) is 60.5 Å². The number of rotatable bonds is 6. The molecular formula is C18H24N2. The molecule has 0 aliphatic rings. The van der Waals surface area contributed by atoms with E-state index in [1.54, 1.807) is 0 Å². The minimum Gasteiger partial charge on any atom is -0.310 e. The van der Waals surface area contributed by atoms with Gasteiger partial charge in [-0.1, -0.05) is 42.8 Å². The van der Waals surface area contributed by atoms with Crippen LogP contribution in [-0.2, 0) is 6.42 Å². The highest BCUT2D eigenvalue weighted by Crippen LogP contribution is 2.19. The van der Waals surface area contributed by atoms with Crippen LogP contribution in [-0.4, -0.2) is 11.5 Å². The molecule has 0 spiro atoms. The molecular weight excluding hydrogens is 244 g/mol. The molecule has 2 rings (SSSR count). The largest absolute Gasteiger partial charge is 0.310 e. The number of nitrogens with zero attached hydrogens (tertiary/aromatic N) is 1. The molecule has 0 bridgehead atoms. The molecule has 0 saturated carbocycles. The van der Waals surface area contributed by atoms with Crippen LogP contribution in [0.3, 0.4) is 0 Å². The van der Waals surface area contributed by atoms with Gasteiger partial charge in [0.1, 0.15) is 0 Å². The summed E-state index contributed by atoms with van der Waals surface area (Å²) in [5.41, 5.74) is 5.10. The molecule has 1 aromatic carbocycles. The number of hydrogen-bond donors (Lipinski definition) is 1. The SMILES string of the molecule is CCNC(CCc1cccc(C)c1)c1ccc(C)nc1. The first-order chi connectivity index (χ1) is 9.69. The average molecular weight is 268 g/mol. The van der Waals surface area contributed by atoms with Gasteiger partial charge in [-0.25, -0.2) is 0 Å². The van der Waals surface area contributed by atoms with Crippen molar-refractivity contribution in [2.75, 3.05) is 6.54 Å². The third-order valence-electron chi connectivity index (χ3n) is 3.59. The molecule has 0 amide bonds. The van der Waals surface area contributed by atoms with Crippen LogP contribution in [0.2, 0.25) is 0 Å². The first-order valence-electron chi connectivity index (χ1n) is 7.40. The van der Waals surface area contributed by atoms with Crippen molar-refractivity contribution in [2.45, 2.75) is 39.7 Å². The second-order valence-corrected chi connectivity index (χ2v) is 5.37. The summed E-state index contributed by atoms with van der Waals surface area (Å²) in [6.45, 7) is 7.31. The van der Waals surface area contributed by atoms with Crippen molar-refractivity contribution >= 4 is 0 Å². The van der Waals surface area contributed by atoms with Crippen LogP contribution >= 0.6 is 0 Å². The summed E-state index contributed by atoms with van der Waals surface area (Å²) in [6, 6.07) is 13.4. The average Bonchev–Trinajstić information content (AvgIpc) is 2.44. The predicted octanol–water partition coefficient (Wildman–Crippen LogP) is 3.98. The fourth-order valence-corrected chi connectivity index (χ4v) is 2.50. The third-order valence-corrected chi connectivity index (χ3v) is 3.59. The summed E-state index contributed by atoms with van der Waals surface area (Å²) in [4.78, 5) is 4.41. The summed E-state index contributed by atoms with van der Waals surface area (Å²) in [7, 11) is 0. The zero-order chi connectivity index (χ0) is 14.4. The van der Waals surface area contributed by atoms with E-state index in [9.17, 15) is 0 Å². The second-order valence-electron chi connectivity index (χ2n) is 5.37. The van der Waals surface area contributed by atoms with Gasteiger partial charge in [0.15, 0.2) is 0 Å². The molecule has 1 unspecified atom stereocenters. The summed E-state index contributed by atoms with van der Waals surface area (Å²) >= 11 is 0. The van der Waals surface area contributed by atoms with E-state index in [0.29, 0.717) is 6.04 Å². The van der Waals surface area contributed by atoms with Crippen LogP contribution < -0.4 is 5.32 Å². The highest BCUT2D eigenvalue weighted by atomic mass is 14.9. The molecule has 0 aliphatic carbocycles. The highest BCUT2D eigenvalue weighted by Gasteiger charge is 2.10. The van der Waals surface area contributed by atoms with E-state index in [-0.39, 0.29) is 0 Å². The Hall–Kier alpha value is -1.67. The molecule has 0 saturated heterocycles. The van der Waals surface area contributed by atoms with E-state index in [4.69, 9.17) is 0 Å². The zero-order valence-electron chi connectivity index (χ0n) is 12.7. The van der Waals surface area contributed by atoms with Gasteiger partial charge in [0.25, 0.3) is 0 Å². The molecule has 0 fully saturated rings. The molecule has 0 radical (unpaired) electrons. The predicted molar refractivity (Wildman–Crippen MR) is 84.9 cm³/mol. The Labute approximate surface area is 122 Å². The molecule has 106 valence electrons. The van der Waals surface area contributed by atoms with Crippen molar-refractivity contribution in [1.82, 2.24) is 10.3 Å². The van der Waals surface area contributed by atoms with E-state index >= 15 is 0 Å². The Balaban J connectivity index is 2.04. The third kappa shape index (κ3) is 4.17. The topological polar surface area (TPSA) is 24.9 Å². The standard InChI is InChI=1S/C18H24N2/c1-4-19-18(17-10-8-15(3)20-13-17)11-9-16-7-5-6-14(2)12-16/h5-8,10,12-13,18-19H,4,9,11H2,1-3H3. The Kier molecular flexibility index (Phi) is 5.31. The minimum atomic E-state index is 0.383. The highest BCUT2D eigenvalue weighted by molar-refractivity contribution is 5.23. The van der Waals surface area contributed by atoms with Crippen LogP contribution in [0.1, 0.15) is 41.8 Å². The van der Waals surface area contributed by atoms with Gasteiger partial charge in [0.2, 0.25) is 0 Å². The van der Waals surface area contributed by atoms with Crippen LogP contribution in [0.4, 0.5) is 0 Å². The van der Waals surface area contributed by atoms with Crippen molar-refractivity contribution in [3.8, 4) is 0 Å². The number of aryl methyl sites for hydroxylation is 3. The number of nitrogens with one attached hydrogen (secondary N) is 1. The minimum absolute atomic E-state index is 0.383. The maximum Gasteiger partial charge on any atom is 0.0372 e. The van der Waals surface area contributed by atoms with Crippen molar-refractivity contribution < 1.29 is 0 Å². The number of benzene rings is 1. The van der Waals surface area contributed by atoms with Gasteiger partial charge in [-0.15, -0.1) is 0 Å². The van der Waals surface area contributed by atoms with Crippen LogP contribution in [0, 0.1) is 13.8 Å². The smallest absolute Gasteiger partial charge is 0.0372 e. The van der Waals surface area contributed by atoms with Crippen LogP contribution in [0.5, 0.6) is 0 Å². The molecule has 2 aromatic rings. The van der Waals surface area contributed by atoms with Crippen molar-refractivity contribution in [3.63, 3.8) is 0 Å². The monoisotopic (exact) mass is 268 g/mol. The molecule has 20 heavy (non-hydrogen) atoms. The first-order valence-corrected chi connectivity index (χ1v) is 7.40. The van der Waals surface area contributed by atoms with Crippen molar-refractivity contribution in [1.29, 1.82) is 0 Å². The van der Waals surface area contributed by atoms with E-state index in [1.807, 2.05) is 13.1 Å². The lowest BCUT2D eigenvalue weighted by molar-refractivity contribution is 0.514. The lowest BCUT2D eigenvalue weighted by Crippen LogP contribution is -2.21. The van der Waals surface area contributed by atoms with Gasteiger partial charge in [-0.05, 0) is 50.4 Å². The zero-order valence-corrected chi connectivity index (χ0v) is 12.7. The number of aromatic nitrogens is 1. The first kappa shape index (κ1) is 14.7. The lowest BCUT2D eigenvalue weighted by atomic mass is 9.99. The van der Waals surface area contributed by atoms with Gasteiger partial charge < -0.3 is 5.32 Å². The molecule has 2 nitrogen and oxygen atoms in total. The molecule has 0 aliphatic heterocycles. The van der Waals surface area contributed by atoms with Crippen molar-refractivity contribution in [2.24, 2.45) is 0 Å². The fourth-order valence-electron chi connectivity index (χ4n) is 2.50. The van der Waals surface area contributed by atoms with Gasteiger partial charge >= 0.3 is 0 Å². The summed E-state index contributed by atoms with van der Waals surface area (Å²) in [5, 5.41) is 3.56.